The van der Waals surface area contributed by atoms with Crippen molar-refractivity contribution in [3.05, 3.63) is 34.1 Å². The number of aromatic nitrogens is 1. The summed E-state index contributed by atoms with van der Waals surface area (Å²) >= 11 is 3.17. The summed E-state index contributed by atoms with van der Waals surface area (Å²) < 4.78 is 6.00. The van der Waals surface area contributed by atoms with Crippen LogP contribution in [0.3, 0.4) is 0 Å². The zero-order valence-corrected chi connectivity index (χ0v) is 13.0. The third-order valence-electron chi connectivity index (χ3n) is 3.83. The first-order chi connectivity index (χ1) is 9.66. The molecule has 3 rings (SSSR count). The molecule has 0 spiro atoms. The summed E-state index contributed by atoms with van der Waals surface area (Å²) in [5, 5.41) is 3.23. The Morgan fingerprint density at radius 1 is 1.55 bits per heavy atom. The molecule has 6 heteroatoms. The van der Waals surface area contributed by atoms with Gasteiger partial charge in [0.2, 0.25) is 0 Å². The van der Waals surface area contributed by atoms with Gasteiger partial charge in [0.25, 0.3) is 0 Å². The second-order valence-corrected chi connectivity index (χ2v) is 6.64. The molecule has 0 aromatic carbocycles. The molecule has 0 radical (unpaired) electrons. The van der Waals surface area contributed by atoms with Gasteiger partial charge in [-0.2, -0.15) is 0 Å². The van der Waals surface area contributed by atoms with Crippen LogP contribution in [0.1, 0.15) is 18.7 Å². The van der Waals surface area contributed by atoms with Crippen LogP contribution in [0.25, 0.3) is 0 Å². The number of nitrogens with zero attached hydrogens (tertiary/aromatic N) is 2. The highest BCUT2D eigenvalue weighted by atomic mass is 32.1. The van der Waals surface area contributed by atoms with E-state index >= 15 is 0 Å². The molecule has 2 unspecified atom stereocenters. The lowest BCUT2D eigenvalue weighted by molar-refractivity contribution is -0.150. The molecule has 0 N–H and O–H groups in total. The summed E-state index contributed by atoms with van der Waals surface area (Å²) in [5.41, 5.74) is 0.851. The summed E-state index contributed by atoms with van der Waals surface area (Å²) in [6.45, 7) is 5.00. The van der Waals surface area contributed by atoms with E-state index in [9.17, 15) is 4.79 Å². The van der Waals surface area contributed by atoms with Gasteiger partial charge in [0, 0.05) is 12.7 Å². The SMILES string of the molecule is CC(=O)C1(c2cncs2)OCCN(c2cccs2)C1C. The van der Waals surface area contributed by atoms with Gasteiger partial charge >= 0.3 is 0 Å². The normalized spacial score (nSPS) is 26.7. The molecule has 2 aromatic heterocycles. The summed E-state index contributed by atoms with van der Waals surface area (Å²) in [7, 11) is 0. The Labute approximate surface area is 126 Å². The standard InChI is InChI=1S/C14H16N2O2S2/c1-10-14(11(2)17,12-8-15-9-20-12)18-6-5-16(10)13-4-3-7-19-13/h3-4,7-10H,5-6H2,1-2H3. The van der Waals surface area contributed by atoms with Gasteiger partial charge in [0.05, 0.1) is 28.0 Å². The fraction of sp³-hybridized carbons (Fsp3) is 0.429. The number of anilines is 1. The van der Waals surface area contributed by atoms with E-state index in [-0.39, 0.29) is 11.8 Å². The van der Waals surface area contributed by atoms with E-state index in [2.05, 4.69) is 28.3 Å². The fourth-order valence-corrected chi connectivity index (χ4v) is 4.56. The minimum atomic E-state index is -0.899. The number of rotatable bonds is 3. The van der Waals surface area contributed by atoms with Crippen LogP contribution in [0.5, 0.6) is 0 Å². The average molecular weight is 308 g/mol. The van der Waals surface area contributed by atoms with Crippen molar-refractivity contribution < 1.29 is 9.53 Å². The second-order valence-electron chi connectivity index (χ2n) is 4.83. The van der Waals surface area contributed by atoms with Gasteiger partial charge in [-0.05, 0) is 31.4 Å². The summed E-state index contributed by atoms with van der Waals surface area (Å²) in [6.07, 6.45) is 1.75. The molecule has 4 nitrogen and oxygen atoms in total. The van der Waals surface area contributed by atoms with E-state index in [1.54, 1.807) is 30.0 Å². The van der Waals surface area contributed by atoms with Crippen molar-refractivity contribution >= 4 is 33.5 Å². The molecule has 20 heavy (non-hydrogen) atoms. The number of Topliss-reactive ketones (excluding diaryl/α,β-unsaturated/α-hetero) is 1. The van der Waals surface area contributed by atoms with Crippen molar-refractivity contribution in [2.45, 2.75) is 25.5 Å². The van der Waals surface area contributed by atoms with E-state index in [0.29, 0.717) is 6.61 Å². The van der Waals surface area contributed by atoms with Crippen molar-refractivity contribution in [1.29, 1.82) is 0 Å². The van der Waals surface area contributed by atoms with E-state index < -0.39 is 5.60 Å². The van der Waals surface area contributed by atoms with Crippen molar-refractivity contribution in [2.75, 3.05) is 18.1 Å². The number of carbonyl (C=O) groups is 1. The van der Waals surface area contributed by atoms with Crippen LogP contribution in [-0.4, -0.2) is 30.0 Å². The molecule has 2 atom stereocenters. The molecular formula is C14H16N2O2S2. The summed E-state index contributed by atoms with van der Waals surface area (Å²) in [4.78, 5) is 19.6. The van der Waals surface area contributed by atoms with Crippen LogP contribution in [0.15, 0.2) is 29.2 Å². The quantitative estimate of drug-likeness (QED) is 0.874. The van der Waals surface area contributed by atoms with Crippen molar-refractivity contribution in [2.24, 2.45) is 0 Å². The number of ether oxygens (including phenoxy) is 1. The molecule has 2 aromatic rings. The Kier molecular flexibility index (Phi) is 3.62. The molecule has 1 saturated heterocycles. The number of thiophene rings is 1. The Bertz CT molecular complexity index is 582. The van der Waals surface area contributed by atoms with Crippen molar-refractivity contribution in [3.8, 4) is 0 Å². The maximum atomic E-state index is 12.4. The third-order valence-corrected chi connectivity index (χ3v) is 5.62. The zero-order valence-electron chi connectivity index (χ0n) is 11.4. The number of carbonyl (C=O) groups excluding carboxylic acids is 1. The third kappa shape index (κ3) is 1.99. The predicted molar refractivity (Wildman–Crippen MR) is 81.6 cm³/mol. The highest BCUT2D eigenvalue weighted by molar-refractivity contribution is 7.14. The molecule has 1 aliphatic heterocycles. The number of morpholine rings is 1. The molecule has 106 valence electrons. The number of hydrogen-bond donors (Lipinski definition) is 0. The van der Waals surface area contributed by atoms with E-state index in [1.807, 2.05) is 6.07 Å². The first kappa shape index (κ1) is 13.7. The maximum absolute atomic E-state index is 12.4. The van der Waals surface area contributed by atoms with E-state index in [0.717, 1.165) is 11.4 Å². The first-order valence-electron chi connectivity index (χ1n) is 6.50. The van der Waals surface area contributed by atoms with Crippen molar-refractivity contribution in [1.82, 2.24) is 4.98 Å². The molecule has 3 heterocycles. The monoisotopic (exact) mass is 308 g/mol. The Morgan fingerprint density at radius 3 is 3.00 bits per heavy atom. The van der Waals surface area contributed by atoms with Gasteiger partial charge in [-0.1, -0.05) is 0 Å². The van der Waals surface area contributed by atoms with E-state index in [4.69, 9.17) is 4.74 Å². The highest BCUT2D eigenvalue weighted by Gasteiger charge is 2.50. The van der Waals surface area contributed by atoms with Gasteiger partial charge in [-0.3, -0.25) is 9.78 Å². The lowest BCUT2D eigenvalue weighted by atomic mass is 9.87. The Morgan fingerprint density at radius 2 is 2.40 bits per heavy atom. The number of ketones is 1. The van der Waals surface area contributed by atoms with Gasteiger partial charge in [-0.15, -0.1) is 22.7 Å². The van der Waals surface area contributed by atoms with Crippen LogP contribution in [0, 0.1) is 0 Å². The molecular weight excluding hydrogens is 292 g/mol. The minimum absolute atomic E-state index is 0.0375. The molecule has 0 aliphatic carbocycles. The second kappa shape index (κ2) is 5.27. The smallest absolute Gasteiger partial charge is 0.181 e. The average Bonchev–Trinajstić information content (AvgIpc) is 3.12. The van der Waals surface area contributed by atoms with Crippen LogP contribution in [0.2, 0.25) is 0 Å². The molecule has 0 saturated carbocycles. The lowest BCUT2D eigenvalue weighted by Crippen LogP contribution is -2.59. The predicted octanol–water partition coefficient (Wildman–Crippen LogP) is 2.91. The van der Waals surface area contributed by atoms with Gasteiger partial charge < -0.3 is 9.64 Å². The van der Waals surface area contributed by atoms with E-state index in [1.165, 1.54) is 16.3 Å². The zero-order chi connectivity index (χ0) is 14.2. The largest absolute Gasteiger partial charge is 0.358 e. The van der Waals surface area contributed by atoms with Crippen LogP contribution in [-0.2, 0) is 15.1 Å². The molecule has 1 aliphatic rings. The first-order valence-corrected chi connectivity index (χ1v) is 8.26. The maximum Gasteiger partial charge on any atom is 0.181 e. The Hall–Kier alpha value is -1.24. The highest BCUT2D eigenvalue weighted by Crippen LogP contribution is 2.40. The number of hydrogen-bond acceptors (Lipinski definition) is 6. The van der Waals surface area contributed by atoms with Crippen molar-refractivity contribution in [3.63, 3.8) is 0 Å². The van der Waals surface area contributed by atoms with Crippen LogP contribution < -0.4 is 4.90 Å². The molecule has 0 amide bonds. The molecule has 0 bridgehead atoms. The van der Waals surface area contributed by atoms with Crippen LogP contribution >= 0.6 is 22.7 Å². The topological polar surface area (TPSA) is 42.4 Å². The number of thiazole rings is 1. The van der Waals surface area contributed by atoms with Gasteiger partial charge in [0.1, 0.15) is 0 Å². The van der Waals surface area contributed by atoms with Gasteiger partial charge in [-0.25, -0.2) is 0 Å². The summed E-state index contributed by atoms with van der Waals surface area (Å²) in [6, 6.07) is 4.07. The Balaban J connectivity index is 2.04. The summed E-state index contributed by atoms with van der Waals surface area (Å²) in [5.74, 6) is 0.0375. The molecule has 1 fully saturated rings. The minimum Gasteiger partial charge on any atom is -0.358 e. The van der Waals surface area contributed by atoms with Gasteiger partial charge in [0.15, 0.2) is 11.4 Å². The lowest BCUT2D eigenvalue weighted by Gasteiger charge is -2.46. The fourth-order valence-electron chi connectivity index (χ4n) is 2.82. The van der Waals surface area contributed by atoms with Crippen LogP contribution in [0.4, 0.5) is 5.00 Å².